The molecule has 0 N–H and O–H groups in total. The monoisotopic (exact) mass is 264 g/mol. The minimum atomic E-state index is -1.52. The van der Waals surface area contributed by atoms with Gasteiger partial charge >= 0.3 is 0 Å². The van der Waals surface area contributed by atoms with Gasteiger partial charge in [0, 0.05) is 0 Å². The van der Waals surface area contributed by atoms with Gasteiger partial charge in [-0.05, 0) is 41.2 Å². The molecule has 0 fully saturated rings. The Morgan fingerprint density at radius 3 is 1.67 bits per heavy atom. The zero-order valence-corrected chi connectivity index (χ0v) is 13.8. The van der Waals surface area contributed by atoms with E-state index < -0.39 is 8.32 Å². The minimum absolute atomic E-state index is 0.216. The molecular weight excluding hydrogens is 236 g/mol. The van der Waals surface area contributed by atoms with Gasteiger partial charge in [0.25, 0.3) is 0 Å². The number of benzene rings is 1. The summed E-state index contributed by atoms with van der Waals surface area (Å²) in [6.07, 6.45) is 0. The van der Waals surface area contributed by atoms with Crippen LogP contribution in [0.3, 0.4) is 0 Å². The molecule has 18 heavy (non-hydrogen) atoms. The van der Waals surface area contributed by atoms with Crippen LogP contribution in [0.1, 0.15) is 47.1 Å². The third-order valence-corrected chi connectivity index (χ3v) is 8.52. The van der Waals surface area contributed by atoms with E-state index in [1.165, 1.54) is 23.7 Å². The van der Waals surface area contributed by atoms with E-state index in [2.05, 4.69) is 65.8 Å². The van der Waals surface area contributed by atoms with Crippen LogP contribution in [0, 0.1) is 0 Å². The van der Waals surface area contributed by atoms with Gasteiger partial charge < -0.3 is 4.43 Å². The van der Waals surface area contributed by atoms with E-state index in [1.54, 1.807) is 0 Å². The molecule has 0 radical (unpaired) electrons. The van der Waals surface area contributed by atoms with E-state index in [1.807, 2.05) is 0 Å². The third kappa shape index (κ3) is 3.61. The van der Waals surface area contributed by atoms with Gasteiger partial charge in [-0.2, -0.15) is 0 Å². The molecule has 0 aliphatic rings. The van der Waals surface area contributed by atoms with Crippen molar-refractivity contribution in [2.75, 3.05) is 0 Å². The Morgan fingerprint density at radius 2 is 1.33 bits per heavy atom. The minimum Gasteiger partial charge on any atom is -0.544 e. The zero-order chi connectivity index (χ0) is 13.8. The van der Waals surface area contributed by atoms with Crippen LogP contribution in [0.15, 0.2) is 24.3 Å². The van der Waals surface area contributed by atoms with Crippen LogP contribution in [0.4, 0.5) is 0 Å². The Kier molecular flexibility index (Phi) is 5.03. The summed E-state index contributed by atoms with van der Waals surface area (Å²) in [7, 11) is -1.52. The number of rotatable bonds is 5. The highest BCUT2D eigenvalue weighted by Gasteiger charge is 2.30. The standard InChI is InChI=1S/C16H28OSi/c1-7-18(8-2,9-3)17-15-12-10-14(11-13-15)16(4,5)6/h10-13H,7-9H2,1-6H3. The molecule has 0 aliphatic carbocycles. The second kappa shape index (κ2) is 5.92. The van der Waals surface area contributed by atoms with Gasteiger partial charge in [0.2, 0.25) is 8.32 Å². The highest BCUT2D eigenvalue weighted by Crippen LogP contribution is 2.28. The maximum absolute atomic E-state index is 6.36. The second-order valence-electron chi connectivity index (χ2n) is 6.12. The molecule has 102 valence electrons. The first kappa shape index (κ1) is 15.3. The molecule has 1 nitrogen and oxygen atoms in total. The van der Waals surface area contributed by atoms with Crippen molar-refractivity contribution in [1.29, 1.82) is 0 Å². The van der Waals surface area contributed by atoms with Crippen LogP contribution in [0.25, 0.3) is 0 Å². The van der Waals surface area contributed by atoms with Gasteiger partial charge in [0.1, 0.15) is 5.75 Å². The maximum atomic E-state index is 6.36. The predicted octanol–water partition coefficient (Wildman–Crippen LogP) is 5.37. The van der Waals surface area contributed by atoms with Crippen LogP contribution in [-0.2, 0) is 5.41 Å². The lowest BCUT2D eigenvalue weighted by atomic mass is 9.87. The van der Waals surface area contributed by atoms with Crippen molar-refractivity contribution in [2.45, 2.75) is 65.1 Å². The van der Waals surface area contributed by atoms with E-state index >= 15 is 0 Å². The summed E-state index contributed by atoms with van der Waals surface area (Å²) in [5.41, 5.74) is 1.58. The van der Waals surface area contributed by atoms with Crippen molar-refractivity contribution in [2.24, 2.45) is 0 Å². The summed E-state index contributed by atoms with van der Waals surface area (Å²) >= 11 is 0. The molecular formula is C16H28OSi. The number of hydrogen-bond acceptors (Lipinski definition) is 1. The van der Waals surface area contributed by atoms with Crippen LogP contribution < -0.4 is 4.43 Å². The normalized spacial score (nSPS) is 12.6. The van der Waals surface area contributed by atoms with Crippen LogP contribution in [0.5, 0.6) is 5.75 Å². The van der Waals surface area contributed by atoms with Gasteiger partial charge in [-0.15, -0.1) is 0 Å². The molecule has 0 amide bonds. The molecule has 0 aliphatic heterocycles. The van der Waals surface area contributed by atoms with Gasteiger partial charge in [-0.25, -0.2) is 0 Å². The summed E-state index contributed by atoms with van der Waals surface area (Å²) in [5, 5.41) is 0. The summed E-state index contributed by atoms with van der Waals surface area (Å²) in [4.78, 5) is 0. The lowest BCUT2D eigenvalue weighted by Gasteiger charge is -2.29. The lowest BCUT2D eigenvalue weighted by molar-refractivity contribution is 0.529. The lowest BCUT2D eigenvalue weighted by Crippen LogP contribution is -2.39. The van der Waals surface area contributed by atoms with Gasteiger partial charge in [-0.3, -0.25) is 0 Å². The van der Waals surface area contributed by atoms with Crippen LogP contribution >= 0.6 is 0 Å². The van der Waals surface area contributed by atoms with Crippen LogP contribution in [-0.4, -0.2) is 8.32 Å². The number of hydrogen-bond donors (Lipinski definition) is 0. The van der Waals surface area contributed by atoms with Crippen LogP contribution in [0.2, 0.25) is 18.1 Å². The van der Waals surface area contributed by atoms with Crippen molar-refractivity contribution in [3.8, 4) is 5.75 Å². The van der Waals surface area contributed by atoms with E-state index in [0.717, 1.165) is 5.75 Å². The van der Waals surface area contributed by atoms with Crippen molar-refractivity contribution < 1.29 is 4.43 Å². The van der Waals surface area contributed by atoms with E-state index in [-0.39, 0.29) is 5.41 Å². The molecule has 1 rings (SSSR count). The van der Waals surface area contributed by atoms with Gasteiger partial charge in [-0.1, -0.05) is 53.7 Å². The molecule has 0 unspecified atom stereocenters. The molecule has 2 heteroatoms. The molecule has 0 bridgehead atoms. The Bertz CT molecular complexity index is 349. The Morgan fingerprint density at radius 1 is 0.889 bits per heavy atom. The third-order valence-electron chi connectivity index (χ3n) is 3.99. The Labute approximate surface area is 114 Å². The molecule has 0 heterocycles. The first-order chi connectivity index (χ1) is 8.37. The Hall–Kier alpha value is -0.763. The molecule has 0 saturated carbocycles. The summed E-state index contributed by atoms with van der Waals surface area (Å²) in [6.45, 7) is 13.5. The molecule has 0 atom stereocenters. The first-order valence-corrected chi connectivity index (χ1v) is 9.69. The molecule has 1 aromatic carbocycles. The fraction of sp³-hybridized carbons (Fsp3) is 0.625. The fourth-order valence-corrected chi connectivity index (χ4v) is 4.81. The molecule has 1 aromatic rings. The average Bonchev–Trinajstić information content (AvgIpc) is 2.36. The van der Waals surface area contributed by atoms with E-state index in [0.29, 0.717) is 0 Å². The predicted molar refractivity (Wildman–Crippen MR) is 83.0 cm³/mol. The van der Waals surface area contributed by atoms with Gasteiger partial charge in [0.15, 0.2) is 0 Å². The quantitative estimate of drug-likeness (QED) is 0.650. The highest BCUT2D eigenvalue weighted by atomic mass is 28.4. The molecule has 0 saturated heterocycles. The smallest absolute Gasteiger partial charge is 0.250 e. The second-order valence-corrected chi connectivity index (χ2v) is 10.8. The molecule has 0 aromatic heterocycles. The summed E-state index contributed by atoms with van der Waals surface area (Å²) < 4.78 is 6.36. The SMILES string of the molecule is CC[Si](CC)(CC)Oc1ccc(C(C)(C)C)cc1. The molecule has 0 spiro atoms. The van der Waals surface area contributed by atoms with E-state index in [9.17, 15) is 0 Å². The zero-order valence-electron chi connectivity index (χ0n) is 12.8. The highest BCUT2D eigenvalue weighted by molar-refractivity contribution is 6.74. The van der Waals surface area contributed by atoms with E-state index in [4.69, 9.17) is 4.43 Å². The summed E-state index contributed by atoms with van der Waals surface area (Å²) in [6, 6.07) is 12.3. The van der Waals surface area contributed by atoms with Gasteiger partial charge in [0.05, 0.1) is 0 Å². The fourth-order valence-electron chi connectivity index (χ4n) is 2.24. The largest absolute Gasteiger partial charge is 0.544 e. The topological polar surface area (TPSA) is 9.23 Å². The Balaban J connectivity index is 2.86. The first-order valence-electron chi connectivity index (χ1n) is 7.16. The average molecular weight is 264 g/mol. The maximum Gasteiger partial charge on any atom is 0.250 e. The summed E-state index contributed by atoms with van der Waals surface area (Å²) in [5.74, 6) is 1.06. The van der Waals surface area contributed by atoms with Crippen molar-refractivity contribution in [3.05, 3.63) is 29.8 Å². The van der Waals surface area contributed by atoms with Crippen molar-refractivity contribution >= 4 is 8.32 Å². The van der Waals surface area contributed by atoms with Crippen molar-refractivity contribution in [1.82, 2.24) is 0 Å². The van der Waals surface area contributed by atoms with Crippen molar-refractivity contribution in [3.63, 3.8) is 0 Å².